The number of nitrogens with zero attached hydrogens (tertiary/aromatic N) is 2. The Balaban J connectivity index is 1.74. The molecule has 0 amide bonds. The van der Waals surface area contributed by atoms with E-state index in [0.29, 0.717) is 12.1 Å². The summed E-state index contributed by atoms with van der Waals surface area (Å²) in [6, 6.07) is 3.88. The minimum atomic E-state index is -3.52. The highest BCUT2D eigenvalue weighted by atomic mass is 32.2. The summed E-state index contributed by atoms with van der Waals surface area (Å²) in [7, 11) is -1.36. The number of rotatable bonds is 3. The second kappa shape index (κ2) is 5.55. The third-order valence-electron chi connectivity index (χ3n) is 4.72. The van der Waals surface area contributed by atoms with Gasteiger partial charge in [0.25, 0.3) is 0 Å². The average Bonchev–Trinajstić information content (AvgIpc) is 2.40. The van der Waals surface area contributed by atoms with Crippen LogP contribution in [-0.2, 0) is 10.0 Å². The number of nitrogens with one attached hydrogen (secondary N) is 1. The first kappa shape index (κ1) is 14.7. The maximum absolute atomic E-state index is 12.4. The highest BCUT2D eigenvalue weighted by molar-refractivity contribution is 7.89. The zero-order valence-corrected chi connectivity index (χ0v) is 13.0. The topological polar surface area (TPSA) is 88.3 Å². The first-order chi connectivity index (χ1) is 9.95. The molecule has 21 heavy (non-hydrogen) atoms. The summed E-state index contributed by atoms with van der Waals surface area (Å²) in [6.45, 7) is 0. The molecule has 2 fully saturated rings. The average molecular weight is 310 g/mol. The van der Waals surface area contributed by atoms with Gasteiger partial charge in [-0.1, -0.05) is 6.42 Å². The quantitative estimate of drug-likeness (QED) is 0.868. The van der Waals surface area contributed by atoms with Gasteiger partial charge in [-0.15, -0.1) is 0 Å². The monoisotopic (exact) mass is 310 g/mol. The SMILES string of the molecule is CN1C2CCCC1CC(NS(=O)(=O)c1ccnc(N)c1)C2. The van der Waals surface area contributed by atoms with Crippen molar-refractivity contribution in [2.45, 2.75) is 55.1 Å². The molecule has 0 aliphatic carbocycles. The van der Waals surface area contributed by atoms with Crippen LogP contribution in [0.1, 0.15) is 32.1 Å². The molecule has 0 radical (unpaired) electrons. The number of piperidine rings is 2. The molecule has 6 nitrogen and oxygen atoms in total. The molecule has 2 unspecified atom stereocenters. The van der Waals surface area contributed by atoms with E-state index in [1.807, 2.05) is 0 Å². The molecular weight excluding hydrogens is 288 g/mol. The van der Waals surface area contributed by atoms with Crippen molar-refractivity contribution in [3.63, 3.8) is 0 Å². The summed E-state index contributed by atoms with van der Waals surface area (Å²) in [4.78, 5) is 6.44. The number of hydrogen-bond donors (Lipinski definition) is 2. The van der Waals surface area contributed by atoms with Gasteiger partial charge in [-0.25, -0.2) is 18.1 Å². The number of nitrogen functional groups attached to an aromatic ring is 1. The Morgan fingerprint density at radius 3 is 2.62 bits per heavy atom. The molecule has 2 saturated heterocycles. The number of sulfonamides is 1. The molecule has 3 rings (SSSR count). The van der Waals surface area contributed by atoms with Crippen molar-refractivity contribution < 1.29 is 8.42 Å². The van der Waals surface area contributed by atoms with Crippen molar-refractivity contribution in [3.05, 3.63) is 18.3 Å². The van der Waals surface area contributed by atoms with E-state index < -0.39 is 10.0 Å². The van der Waals surface area contributed by atoms with E-state index in [1.54, 1.807) is 0 Å². The van der Waals surface area contributed by atoms with Crippen LogP contribution in [0.2, 0.25) is 0 Å². The molecule has 0 spiro atoms. The van der Waals surface area contributed by atoms with Gasteiger partial charge in [-0.05, 0) is 38.8 Å². The molecule has 2 aliphatic rings. The third-order valence-corrected chi connectivity index (χ3v) is 6.24. The van der Waals surface area contributed by atoms with Crippen LogP contribution in [0, 0.1) is 0 Å². The first-order valence-electron chi connectivity index (χ1n) is 7.41. The highest BCUT2D eigenvalue weighted by Crippen LogP contribution is 2.33. The Labute approximate surface area is 125 Å². The van der Waals surface area contributed by atoms with E-state index >= 15 is 0 Å². The number of anilines is 1. The van der Waals surface area contributed by atoms with Gasteiger partial charge in [0.1, 0.15) is 5.82 Å². The van der Waals surface area contributed by atoms with Crippen LogP contribution in [0.4, 0.5) is 5.82 Å². The van der Waals surface area contributed by atoms with Gasteiger partial charge in [0.15, 0.2) is 0 Å². The molecule has 2 atom stereocenters. The molecule has 116 valence electrons. The van der Waals surface area contributed by atoms with E-state index in [1.165, 1.54) is 24.8 Å². The molecule has 7 heteroatoms. The van der Waals surface area contributed by atoms with Gasteiger partial charge in [0.2, 0.25) is 10.0 Å². The summed E-state index contributed by atoms with van der Waals surface area (Å²) < 4.78 is 27.7. The largest absolute Gasteiger partial charge is 0.384 e. The summed E-state index contributed by atoms with van der Waals surface area (Å²) in [5.41, 5.74) is 5.57. The molecule has 3 heterocycles. The third kappa shape index (κ3) is 3.04. The minimum absolute atomic E-state index is 0.0101. The summed E-state index contributed by atoms with van der Waals surface area (Å²) >= 11 is 0. The lowest BCUT2D eigenvalue weighted by Crippen LogP contribution is -2.55. The van der Waals surface area contributed by atoms with Gasteiger partial charge in [0, 0.05) is 30.4 Å². The van der Waals surface area contributed by atoms with Crippen molar-refractivity contribution >= 4 is 15.8 Å². The standard InChI is InChI=1S/C14H22N4O2S/c1-18-11-3-2-4-12(18)8-10(7-11)17-21(19,20)13-5-6-16-14(15)9-13/h5-6,9-12,17H,2-4,7-8H2,1H3,(H2,15,16). The van der Waals surface area contributed by atoms with Gasteiger partial charge in [0.05, 0.1) is 4.90 Å². The molecule has 0 saturated carbocycles. The smallest absolute Gasteiger partial charge is 0.241 e. The van der Waals surface area contributed by atoms with Gasteiger partial charge in [-0.2, -0.15) is 0 Å². The van der Waals surface area contributed by atoms with E-state index in [-0.39, 0.29) is 16.8 Å². The molecule has 2 aliphatic heterocycles. The summed E-state index contributed by atoms with van der Waals surface area (Å²) in [5.74, 6) is 0.220. The lowest BCUT2D eigenvalue weighted by Gasteiger charge is -2.47. The number of aromatic nitrogens is 1. The number of fused-ring (bicyclic) bond motifs is 2. The zero-order chi connectivity index (χ0) is 15.0. The van der Waals surface area contributed by atoms with Crippen LogP contribution in [-0.4, -0.2) is 43.5 Å². The van der Waals surface area contributed by atoms with Crippen LogP contribution in [0.15, 0.2) is 23.2 Å². The highest BCUT2D eigenvalue weighted by Gasteiger charge is 2.37. The van der Waals surface area contributed by atoms with Crippen molar-refractivity contribution in [2.75, 3.05) is 12.8 Å². The molecule has 0 aromatic carbocycles. The van der Waals surface area contributed by atoms with Crippen molar-refractivity contribution in [3.8, 4) is 0 Å². The summed E-state index contributed by atoms with van der Waals surface area (Å²) in [5, 5.41) is 0. The fourth-order valence-corrected chi connectivity index (χ4v) is 4.88. The van der Waals surface area contributed by atoms with Crippen LogP contribution in [0.25, 0.3) is 0 Å². The Kier molecular flexibility index (Phi) is 3.90. The number of nitrogens with two attached hydrogens (primary N) is 1. The van der Waals surface area contributed by atoms with Gasteiger partial charge >= 0.3 is 0 Å². The number of pyridine rings is 1. The predicted molar refractivity (Wildman–Crippen MR) is 81.2 cm³/mol. The van der Waals surface area contributed by atoms with E-state index in [4.69, 9.17) is 5.73 Å². The number of hydrogen-bond acceptors (Lipinski definition) is 5. The summed E-state index contributed by atoms with van der Waals surface area (Å²) in [6.07, 6.45) is 6.76. The van der Waals surface area contributed by atoms with Crippen LogP contribution < -0.4 is 10.5 Å². The van der Waals surface area contributed by atoms with E-state index in [2.05, 4.69) is 21.7 Å². The Hall–Kier alpha value is -1.18. The van der Waals surface area contributed by atoms with Crippen molar-refractivity contribution in [1.29, 1.82) is 0 Å². The minimum Gasteiger partial charge on any atom is -0.384 e. The molecule has 1 aromatic heterocycles. The van der Waals surface area contributed by atoms with Crippen LogP contribution in [0.5, 0.6) is 0 Å². The fraction of sp³-hybridized carbons (Fsp3) is 0.643. The second-order valence-corrected chi connectivity index (χ2v) is 7.82. The maximum Gasteiger partial charge on any atom is 0.241 e. The molecule has 1 aromatic rings. The molecular formula is C14H22N4O2S. The van der Waals surface area contributed by atoms with E-state index in [9.17, 15) is 8.42 Å². The molecule has 3 N–H and O–H groups in total. The fourth-order valence-electron chi connectivity index (χ4n) is 3.59. The lowest BCUT2D eigenvalue weighted by atomic mass is 9.83. The lowest BCUT2D eigenvalue weighted by molar-refractivity contribution is 0.0536. The van der Waals surface area contributed by atoms with Gasteiger partial charge < -0.3 is 10.6 Å². The van der Waals surface area contributed by atoms with E-state index in [0.717, 1.165) is 25.7 Å². The Morgan fingerprint density at radius 1 is 1.33 bits per heavy atom. The Bertz CT molecular complexity index is 605. The predicted octanol–water partition coefficient (Wildman–Crippen LogP) is 0.957. The first-order valence-corrected chi connectivity index (χ1v) is 8.90. The maximum atomic E-state index is 12.4. The normalized spacial score (nSPS) is 30.2. The van der Waals surface area contributed by atoms with Gasteiger partial charge in [-0.3, -0.25) is 0 Å². The Morgan fingerprint density at radius 2 is 2.00 bits per heavy atom. The zero-order valence-electron chi connectivity index (χ0n) is 12.2. The van der Waals surface area contributed by atoms with Crippen molar-refractivity contribution in [1.82, 2.24) is 14.6 Å². The van der Waals surface area contributed by atoms with Crippen LogP contribution in [0.3, 0.4) is 0 Å². The van der Waals surface area contributed by atoms with Crippen LogP contribution >= 0.6 is 0 Å². The molecule has 2 bridgehead atoms. The second-order valence-electron chi connectivity index (χ2n) is 6.11. The van der Waals surface area contributed by atoms with Crippen molar-refractivity contribution in [2.24, 2.45) is 0 Å².